The Balaban J connectivity index is 2.59. The molecule has 0 aliphatic carbocycles. The molecule has 3 nitrogen and oxygen atoms in total. The van der Waals surface area contributed by atoms with Crippen molar-refractivity contribution in [2.45, 2.75) is 26.8 Å². The topological polar surface area (TPSA) is 29.0 Å². The second-order valence-electron chi connectivity index (χ2n) is 3.68. The minimum atomic E-state index is 0.470. The van der Waals surface area contributed by atoms with Crippen LogP contribution in [0.1, 0.15) is 19.4 Å². The average molecular weight is 225 g/mol. The maximum Gasteiger partial charge on any atom is 0.225 e. The first-order valence-corrected chi connectivity index (χ1v) is 6.39. The summed E-state index contributed by atoms with van der Waals surface area (Å²) in [5.41, 5.74) is 1.10. The molecule has 1 aromatic rings. The van der Waals surface area contributed by atoms with Crippen LogP contribution < -0.4 is 4.90 Å². The van der Waals surface area contributed by atoms with Crippen molar-refractivity contribution in [3.63, 3.8) is 0 Å². The zero-order valence-electron chi connectivity index (χ0n) is 9.90. The van der Waals surface area contributed by atoms with E-state index in [0.717, 1.165) is 23.0 Å². The van der Waals surface area contributed by atoms with Crippen LogP contribution in [-0.2, 0) is 0 Å². The highest BCUT2D eigenvalue weighted by molar-refractivity contribution is 7.99. The summed E-state index contributed by atoms with van der Waals surface area (Å²) in [5, 5.41) is 0. The molecule has 1 rings (SSSR count). The normalized spacial score (nSPS) is 12.5. The van der Waals surface area contributed by atoms with Gasteiger partial charge in [0, 0.05) is 31.2 Å². The first-order chi connectivity index (χ1) is 7.15. The molecule has 0 aliphatic heterocycles. The van der Waals surface area contributed by atoms with E-state index in [1.807, 2.05) is 38.1 Å². The molecule has 0 aliphatic rings. The monoisotopic (exact) mass is 225 g/mol. The van der Waals surface area contributed by atoms with Crippen molar-refractivity contribution in [1.29, 1.82) is 0 Å². The molecule has 0 radical (unpaired) electrons. The Morgan fingerprint density at radius 2 is 2.00 bits per heavy atom. The third kappa shape index (κ3) is 3.70. The lowest BCUT2D eigenvalue weighted by Crippen LogP contribution is -2.32. The number of aromatic nitrogens is 2. The van der Waals surface area contributed by atoms with Gasteiger partial charge in [-0.05, 0) is 25.2 Å². The number of anilines is 1. The molecule has 1 aromatic heterocycles. The highest BCUT2D eigenvalue weighted by atomic mass is 32.2. The van der Waals surface area contributed by atoms with Gasteiger partial charge in [0.25, 0.3) is 0 Å². The first kappa shape index (κ1) is 12.3. The van der Waals surface area contributed by atoms with E-state index < -0.39 is 0 Å². The highest BCUT2D eigenvalue weighted by Gasteiger charge is 2.11. The summed E-state index contributed by atoms with van der Waals surface area (Å²) in [4.78, 5) is 10.8. The molecule has 15 heavy (non-hydrogen) atoms. The van der Waals surface area contributed by atoms with Crippen molar-refractivity contribution in [3.05, 3.63) is 18.0 Å². The van der Waals surface area contributed by atoms with Crippen LogP contribution in [0.2, 0.25) is 0 Å². The van der Waals surface area contributed by atoms with Crippen LogP contribution in [0.3, 0.4) is 0 Å². The smallest absolute Gasteiger partial charge is 0.225 e. The van der Waals surface area contributed by atoms with Gasteiger partial charge in [-0.15, -0.1) is 0 Å². The second kappa shape index (κ2) is 5.95. The molecular formula is C11H19N3S. The molecule has 0 amide bonds. The van der Waals surface area contributed by atoms with Crippen LogP contribution in [0.5, 0.6) is 0 Å². The van der Waals surface area contributed by atoms with E-state index in [9.17, 15) is 0 Å². The number of nitrogens with zero attached hydrogens (tertiary/aromatic N) is 3. The van der Waals surface area contributed by atoms with Gasteiger partial charge in [-0.25, -0.2) is 9.97 Å². The Kier molecular flexibility index (Phi) is 4.88. The lowest BCUT2D eigenvalue weighted by molar-refractivity contribution is 0.737. The Hall–Kier alpha value is -0.770. The summed E-state index contributed by atoms with van der Waals surface area (Å²) >= 11 is 1.95. The highest BCUT2D eigenvalue weighted by Crippen LogP contribution is 2.12. The van der Waals surface area contributed by atoms with Crippen molar-refractivity contribution in [2.75, 3.05) is 23.5 Å². The number of hydrogen-bond acceptors (Lipinski definition) is 4. The molecule has 0 saturated heterocycles. The lowest BCUT2D eigenvalue weighted by atomic mass is 10.3. The number of aryl methyl sites for hydroxylation is 1. The van der Waals surface area contributed by atoms with Gasteiger partial charge < -0.3 is 4.90 Å². The van der Waals surface area contributed by atoms with E-state index in [1.54, 1.807) is 0 Å². The Labute approximate surface area is 96.3 Å². The molecule has 1 atom stereocenters. The lowest BCUT2D eigenvalue weighted by Gasteiger charge is -2.24. The SMILES string of the molecule is CCSCC(C)N(C)c1ncc(C)cn1. The minimum Gasteiger partial charge on any atom is -0.340 e. The largest absolute Gasteiger partial charge is 0.340 e. The van der Waals surface area contributed by atoms with Crippen molar-refractivity contribution < 1.29 is 0 Å². The van der Waals surface area contributed by atoms with Crippen LogP contribution in [0.25, 0.3) is 0 Å². The first-order valence-electron chi connectivity index (χ1n) is 5.24. The zero-order chi connectivity index (χ0) is 11.3. The molecule has 4 heteroatoms. The van der Waals surface area contributed by atoms with Gasteiger partial charge in [-0.3, -0.25) is 0 Å². The molecule has 84 valence electrons. The molecule has 0 aromatic carbocycles. The summed E-state index contributed by atoms with van der Waals surface area (Å²) in [6.45, 7) is 6.38. The van der Waals surface area contributed by atoms with Crippen LogP contribution >= 0.6 is 11.8 Å². The molecule has 0 N–H and O–H groups in total. The van der Waals surface area contributed by atoms with Gasteiger partial charge in [0.05, 0.1) is 0 Å². The maximum absolute atomic E-state index is 4.31. The molecule has 1 unspecified atom stereocenters. The predicted molar refractivity (Wildman–Crippen MR) is 67.6 cm³/mol. The number of hydrogen-bond donors (Lipinski definition) is 0. The summed E-state index contributed by atoms with van der Waals surface area (Å²) in [6.07, 6.45) is 3.72. The summed E-state index contributed by atoms with van der Waals surface area (Å²) in [5.74, 6) is 3.08. The van der Waals surface area contributed by atoms with Crippen molar-refractivity contribution >= 4 is 17.7 Å². The molecular weight excluding hydrogens is 206 g/mol. The summed E-state index contributed by atoms with van der Waals surface area (Å²) in [7, 11) is 2.05. The van der Waals surface area contributed by atoms with E-state index in [0.29, 0.717) is 6.04 Å². The van der Waals surface area contributed by atoms with Gasteiger partial charge in [0.15, 0.2) is 0 Å². The number of thioether (sulfide) groups is 1. The Bertz CT molecular complexity index is 286. The average Bonchev–Trinajstić information content (AvgIpc) is 2.26. The van der Waals surface area contributed by atoms with E-state index in [1.165, 1.54) is 0 Å². The third-order valence-electron chi connectivity index (χ3n) is 2.31. The van der Waals surface area contributed by atoms with Gasteiger partial charge in [-0.2, -0.15) is 11.8 Å². The van der Waals surface area contributed by atoms with Gasteiger partial charge >= 0.3 is 0 Å². The van der Waals surface area contributed by atoms with Crippen molar-refractivity contribution in [1.82, 2.24) is 9.97 Å². The number of rotatable bonds is 5. The molecule has 1 heterocycles. The fourth-order valence-corrected chi connectivity index (χ4v) is 1.97. The van der Waals surface area contributed by atoms with Gasteiger partial charge in [-0.1, -0.05) is 6.92 Å². The quantitative estimate of drug-likeness (QED) is 0.769. The van der Waals surface area contributed by atoms with Crippen molar-refractivity contribution in [2.24, 2.45) is 0 Å². The van der Waals surface area contributed by atoms with E-state index in [-0.39, 0.29) is 0 Å². The summed E-state index contributed by atoms with van der Waals surface area (Å²) in [6, 6.07) is 0.470. The van der Waals surface area contributed by atoms with Crippen LogP contribution in [0.15, 0.2) is 12.4 Å². The molecule has 0 saturated carbocycles. The van der Waals surface area contributed by atoms with E-state index in [4.69, 9.17) is 0 Å². The Morgan fingerprint density at radius 3 is 2.53 bits per heavy atom. The molecule has 0 bridgehead atoms. The fourth-order valence-electron chi connectivity index (χ4n) is 1.17. The zero-order valence-corrected chi connectivity index (χ0v) is 10.7. The standard InChI is InChI=1S/C11H19N3S/c1-5-15-8-10(3)14(4)11-12-6-9(2)7-13-11/h6-7,10H,5,8H2,1-4H3. The molecule has 0 fully saturated rings. The summed E-state index contributed by atoms with van der Waals surface area (Å²) < 4.78 is 0. The van der Waals surface area contributed by atoms with E-state index in [2.05, 4.69) is 28.7 Å². The molecule has 0 spiro atoms. The Morgan fingerprint density at radius 1 is 1.40 bits per heavy atom. The minimum absolute atomic E-state index is 0.470. The van der Waals surface area contributed by atoms with E-state index >= 15 is 0 Å². The maximum atomic E-state index is 4.31. The second-order valence-corrected chi connectivity index (χ2v) is 5.00. The van der Waals surface area contributed by atoms with Gasteiger partial charge in [0.1, 0.15) is 0 Å². The van der Waals surface area contributed by atoms with Crippen LogP contribution in [0.4, 0.5) is 5.95 Å². The van der Waals surface area contributed by atoms with Crippen LogP contribution in [-0.4, -0.2) is 34.6 Å². The van der Waals surface area contributed by atoms with Gasteiger partial charge in [0.2, 0.25) is 5.95 Å². The predicted octanol–water partition coefficient (Wildman–Crippen LogP) is 2.36. The van der Waals surface area contributed by atoms with Crippen LogP contribution in [0, 0.1) is 6.92 Å². The third-order valence-corrected chi connectivity index (χ3v) is 3.43. The van der Waals surface area contributed by atoms with Crippen molar-refractivity contribution in [3.8, 4) is 0 Å². The fraction of sp³-hybridized carbons (Fsp3) is 0.636.